The summed E-state index contributed by atoms with van der Waals surface area (Å²) in [6, 6.07) is 15.7. The van der Waals surface area contributed by atoms with E-state index in [-0.39, 0.29) is 17.7 Å². The summed E-state index contributed by atoms with van der Waals surface area (Å²) in [7, 11) is 1.65. The van der Waals surface area contributed by atoms with E-state index in [2.05, 4.69) is 20.2 Å². The number of likely N-dealkylation sites (tertiary alicyclic amines) is 1. The van der Waals surface area contributed by atoms with E-state index < -0.39 is 0 Å². The van der Waals surface area contributed by atoms with E-state index in [0.29, 0.717) is 13.2 Å². The van der Waals surface area contributed by atoms with Gasteiger partial charge < -0.3 is 14.8 Å². The van der Waals surface area contributed by atoms with Gasteiger partial charge in [-0.2, -0.15) is 0 Å². The number of nitrogens with zero attached hydrogens (tertiary/aromatic N) is 3. The minimum Gasteiger partial charge on any atom is -0.497 e. The summed E-state index contributed by atoms with van der Waals surface area (Å²) in [5.74, 6) is 1.79. The number of pyridine rings is 2. The highest BCUT2D eigenvalue weighted by atomic mass is 16.5. The van der Waals surface area contributed by atoms with Gasteiger partial charge in [0.05, 0.1) is 25.8 Å². The second-order valence-corrected chi connectivity index (χ2v) is 8.86. The van der Waals surface area contributed by atoms with Crippen molar-refractivity contribution in [1.82, 2.24) is 20.2 Å². The molecule has 178 valence electrons. The van der Waals surface area contributed by atoms with Crippen LogP contribution in [0, 0.1) is 18.8 Å². The van der Waals surface area contributed by atoms with Crippen LogP contribution in [-0.2, 0) is 17.9 Å². The molecule has 3 heterocycles. The summed E-state index contributed by atoms with van der Waals surface area (Å²) in [5, 5.41) is 3.12. The predicted octanol–water partition coefficient (Wildman–Crippen LogP) is 3.63. The standard InChI is InChI=1S/C27H32N4O3/c1-20-3-6-26(15-29-20)34-19-23-13-24(18-31(17-23)16-22-9-11-28-12-10-22)27(32)30-14-21-4-7-25(33-2)8-5-21/h3-12,15,23-24H,13-14,16-19H2,1-2H3,(H,30,32)/t23-,24+/m0/s1. The number of amides is 1. The maximum absolute atomic E-state index is 13.1. The maximum Gasteiger partial charge on any atom is 0.224 e. The molecule has 0 unspecified atom stereocenters. The van der Waals surface area contributed by atoms with Gasteiger partial charge in [0.1, 0.15) is 11.5 Å². The fourth-order valence-electron chi connectivity index (χ4n) is 4.32. The molecule has 1 saturated heterocycles. The van der Waals surface area contributed by atoms with Crippen molar-refractivity contribution in [3.63, 3.8) is 0 Å². The van der Waals surface area contributed by atoms with Crippen LogP contribution in [0.25, 0.3) is 0 Å². The Bertz CT molecular complexity index is 1040. The molecule has 1 aliphatic heterocycles. The molecule has 0 aliphatic carbocycles. The van der Waals surface area contributed by atoms with Gasteiger partial charge in [0.15, 0.2) is 0 Å². The van der Waals surface area contributed by atoms with Crippen molar-refractivity contribution in [3.05, 3.63) is 83.9 Å². The SMILES string of the molecule is COc1ccc(CNC(=O)[C@@H]2C[C@H](COc3ccc(C)nc3)CN(Cc3ccncc3)C2)cc1. The second kappa shape index (κ2) is 11.6. The fourth-order valence-corrected chi connectivity index (χ4v) is 4.32. The lowest BCUT2D eigenvalue weighted by atomic mass is 9.88. The first-order chi connectivity index (χ1) is 16.6. The zero-order valence-corrected chi connectivity index (χ0v) is 19.8. The molecule has 7 heteroatoms. The number of methoxy groups -OCH3 is 1. The molecule has 7 nitrogen and oxygen atoms in total. The molecular formula is C27H32N4O3. The van der Waals surface area contributed by atoms with E-state index in [1.54, 1.807) is 13.3 Å². The molecule has 2 aromatic heterocycles. The Hall–Kier alpha value is -3.45. The molecule has 1 aromatic carbocycles. The first-order valence-electron chi connectivity index (χ1n) is 11.7. The van der Waals surface area contributed by atoms with Crippen molar-refractivity contribution in [1.29, 1.82) is 0 Å². The Kier molecular flexibility index (Phi) is 8.09. The molecule has 1 amide bonds. The van der Waals surface area contributed by atoms with E-state index in [4.69, 9.17) is 9.47 Å². The number of benzene rings is 1. The molecule has 1 aliphatic rings. The van der Waals surface area contributed by atoms with Crippen LogP contribution in [0.3, 0.4) is 0 Å². The lowest BCUT2D eigenvalue weighted by molar-refractivity contribution is -0.128. The molecule has 34 heavy (non-hydrogen) atoms. The van der Waals surface area contributed by atoms with Crippen LogP contribution in [-0.4, -0.2) is 47.6 Å². The number of ether oxygens (including phenoxy) is 2. The van der Waals surface area contributed by atoms with E-state index in [1.165, 1.54) is 5.56 Å². The largest absolute Gasteiger partial charge is 0.497 e. The molecule has 2 atom stereocenters. The van der Waals surface area contributed by atoms with Gasteiger partial charge in [-0.1, -0.05) is 12.1 Å². The smallest absolute Gasteiger partial charge is 0.224 e. The molecule has 3 aromatic rings. The third kappa shape index (κ3) is 6.78. The third-order valence-corrected chi connectivity index (χ3v) is 6.13. The van der Waals surface area contributed by atoms with E-state index >= 15 is 0 Å². The van der Waals surface area contributed by atoms with Crippen molar-refractivity contribution in [3.8, 4) is 11.5 Å². The minimum atomic E-state index is -0.0985. The highest BCUT2D eigenvalue weighted by Gasteiger charge is 2.32. The maximum atomic E-state index is 13.1. The zero-order chi connectivity index (χ0) is 23.8. The third-order valence-electron chi connectivity index (χ3n) is 6.13. The number of nitrogens with one attached hydrogen (secondary N) is 1. The number of rotatable bonds is 9. The number of carbonyl (C=O) groups is 1. The van der Waals surface area contributed by atoms with Crippen LogP contribution in [0.1, 0.15) is 23.2 Å². The Morgan fingerprint density at radius 2 is 1.79 bits per heavy atom. The van der Waals surface area contributed by atoms with Gasteiger partial charge >= 0.3 is 0 Å². The van der Waals surface area contributed by atoms with Crippen LogP contribution >= 0.6 is 0 Å². The van der Waals surface area contributed by atoms with Gasteiger partial charge in [-0.25, -0.2) is 0 Å². The minimum absolute atomic E-state index is 0.0808. The zero-order valence-electron chi connectivity index (χ0n) is 19.8. The van der Waals surface area contributed by atoms with Crippen LogP contribution in [0.2, 0.25) is 0 Å². The first-order valence-corrected chi connectivity index (χ1v) is 11.7. The number of aryl methyl sites for hydroxylation is 1. The van der Waals surface area contributed by atoms with Gasteiger partial charge in [0.2, 0.25) is 5.91 Å². The average molecular weight is 461 g/mol. The summed E-state index contributed by atoms with van der Waals surface area (Å²) >= 11 is 0. The van der Waals surface area contributed by atoms with Gasteiger partial charge in [0, 0.05) is 50.2 Å². The molecule has 0 spiro atoms. The van der Waals surface area contributed by atoms with E-state index in [9.17, 15) is 4.79 Å². The molecule has 1 N–H and O–H groups in total. The van der Waals surface area contributed by atoms with Gasteiger partial charge in [-0.3, -0.25) is 19.7 Å². The molecule has 0 bridgehead atoms. The molecular weight excluding hydrogens is 428 g/mol. The summed E-state index contributed by atoms with van der Waals surface area (Å²) in [6.45, 7) is 5.40. The van der Waals surface area contributed by atoms with Gasteiger partial charge in [-0.15, -0.1) is 0 Å². The van der Waals surface area contributed by atoms with Crippen LogP contribution in [0.15, 0.2) is 67.1 Å². The van der Waals surface area contributed by atoms with Crippen molar-refractivity contribution < 1.29 is 14.3 Å². The van der Waals surface area contributed by atoms with Crippen molar-refractivity contribution in [2.75, 3.05) is 26.8 Å². The normalized spacial score (nSPS) is 18.3. The quantitative estimate of drug-likeness (QED) is 0.526. The number of carbonyl (C=O) groups excluding carboxylic acids is 1. The Morgan fingerprint density at radius 3 is 2.50 bits per heavy atom. The lowest BCUT2D eigenvalue weighted by Gasteiger charge is -2.37. The van der Waals surface area contributed by atoms with Gasteiger partial charge in [0.25, 0.3) is 0 Å². The highest BCUT2D eigenvalue weighted by molar-refractivity contribution is 5.79. The highest BCUT2D eigenvalue weighted by Crippen LogP contribution is 2.25. The van der Waals surface area contributed by atoms with Crippen molar-refractivity contribution in [2.45, 2.75) is 26.4 Å². The number of aromatic nitrogens is 2. The number of piperidine rings is 1. The van der Waals surface area contributed by atoms with Crippen LogP contribution < -0.4 is 14.8 Å². The van der Waals surface area contributed by atoms with Gasteiger partial charge in [-0.05, 0) is 60.9 Å². The molecule has 1 fully saturated rings. The molecule has 0 saturated carbocycles. The van der Waals surface area contributed by atoms with E-state index in [0.717, 1.165) is 48.8 Å². The Morgan fingerprint density at radius 1 is 1.03 bits per heavy atom. The topological polar surface area (TPSA) is 76.6 Å². The Labute approximate surface area is 201 Å². The first kappa shape index (κ1) is 23.7. The molecule has 0 radical (unpaired) electrons. The summed E-state index contributed by atoms with van der Waals surface area (Å²) in [4.78, 5) is 23.9. The monoisotopic (exact) mass is 460 g/mol. The van der Waals surface area contributed by atoms with E-state index in [1.807, 2.05) is 67.8 Å². The number of hydrogen-bond acceptors (Lipinski definition) is 6. The van der Waals surface area contributed by atoms with Crippen LogP contribution in [0.4, 0.5) is 0 Å². The summed E-state index contributed by atoms with van der Waals surface area (Å²) in [5.41, 5.74) is 3.20. The predicted molar refractivity (Wildman–Crippen MR) is 130 cm³/mol. The van der Waals surface area contributed by atoms with Crippen molar-refractivity contribution in [2.24, 2.45) is 11.8 Å². The van der Waals surface area contributed by atoms with Crippen LogP contribution in [0.5, 0.6) is 11.5 Å². The molecule has 4 rings (SSSR count). The number of hydrogen-bond donors (Lipinski definition) is 1. The lowest BCUT2D eigenvalue weighted by Crippen LogP contribution is -2.47. The fraction of sp³-hybridized carbons (Fsp3) is 0.370. The summed E-state index contributed by atoms with van der Waals surface area (Å²) in [6.07, 6.45) is 6.17. The summed E-state index contributed by atoms with van der Waals surface area (Å²) < 4.78 is 11.2. The average Bonchev–Trinajstić information content (AvgIpc) is 2.87. The van der Waals surface area contributed by atoms with Crippen molar-refractivity contribution >= 4 is 5.91 Å². The second-order valence-electron chi connectivity index (χ2n) is 8.86. The Balaban J connectivity index is 1.38.